The van der Waals surface area contributed by atoms with Crippen molar-refractivity contribution in [3.63, 3.8) is 0 Å². The standard InChI is InChI=1S/C8H8ClN3O/c1-2-3-8(13)10-7-5-4-6(9)11-12-7/h2,4-5H,1,3H2,(H,10,12,13). The lowest BCUT2D eigenvalue weighted by Crippen LogP contribution is -2.11. The number of hydrogen-bond donors (Lipinski definition) is 1. The first-order valence-corrected chi connectivity index (χ1v) is 4.00. The van der Waals surface area contributed by atoms with Crippen LogP contribution in [0.2, 0.25) is 5.15 Å². The fourth-order valence-electron chi connectivity index (χ4n) is 0.708. The summed E-state index contributed by atoms with van der Waals surface area (Å²) in [4.78, 5) is 11.0. The quantitative estimate of drug-likeness (QED) is 0.750. The molecule has 1 amide bonds. The van der Waals surface area contributed by atoms with Gasteiger partial charge in [-0.1, -0.05) is 17.7 Å². The van der Waals surface area contributed by atoms with Gasteiger partial charge in [0.05, 0.1) is 0 Å². The Kier molecular flexibility index (Phi) is 3.40. The molecular weight excluding hydrogens is 190 g/mol. The lowest BCUT2D eigenvalue weighted by atomic mass is 10.4. The number of anilines is 1. The SMILES string of the molecule is C=CCC(=O)Nc1ccc(Cl)nn1. The van der Waals surface area contributed by atoms with Crippen LogP contribution < -0.4 is 5.32 Å². The van der Waals surface area contributed by atoms with E-state index in [0.29, 0.717) is 11.0 Å². The number of hydrogen-bond acceptors (Lipinski definition) is 3. The van der Waals surface area contributed by atoms with E-state index in [9.17, 15) is 4.79 Å². The number of carbonyl (C=O) groups excluding carboxylic acids is 1. The van der Waals surface area contributed by atoms with Gasteiger partial charge in [0, 0.05) is 6.42 Å². The van der Waals surface area contributed by atoms with Crippen LogP contribution in [0.15, 0.2) is 24.8 Å². The lowest BCUT2D eigenvalue weighted by Gasteiger charge is -2.00. The summed E-state index contributed by atoms with van der Waals surface area (Å²) in [5.41, 5.74) is 0. The van der Waals surface area contributed by atoms with Crippen molar-refractivity contribution in [2.75, 3.05) is 5.32 Å². The summed E-state index contributed by atoms with van der Waals surface area (Å²) in [6, 6.07) is 3.13. The van der Waals surface area contributed by atoms with Gasteiger partial charge in [-0.2, -0.15) is 0 Å². The Bertz CT molecular complexity index is 310. The minimum atomic E-state index is -0.174. The highest BCUT2D eigenvalue weighted by atomic mass is 35.5. The molecule has 5 heteroatoms. The molecule has 0 unspecified atom stereocenters. The fraction of sp³-hybridized carbons (Fsp3) is 0.125. The average molecular weight is 198 g/mol. The minimum Gasteiger partial charge on any atom is -0.309 e. The van der Waals surface area contributed by atoms with E-state index < -0.39 is 0 Å². The average Bonchev–Trinajstić information content (AvgIpc) is 2.09. The molecule has 0 bridgehead atoms. The van der Waals surface area contributed by atoms with Crippen molar-refractivity contribution in [2.45, 2.75) is 6.42 Å². The highest BCUT2D eigenvalue weighted by molar-refractivity contribution is 6.29. The molecule has 4 nitrogen and oxygen atoms in total. The lowest BCUT2D eigenvalue weighted by molar-refractivity contribution is -0.115. The molecular formula is C8H8ClN3O. The van der Waals surface area contributed by atoms with E-state index in [4.69, 9.17) is 11.6 Å². The molecule has 0 atom stereocenters. The first kappa shape index (κ1) is 9.67. The minimum absolute atomic E-state index is 0.174. The number of rotatable bonds is 3. The zero-order chi connectivity index (χ0) is 9.68. The summed E-state index contributed by atoms with van der Waals surface area (Å²) in [7, 11) is 0. The number of aromatic nitrogens is 2. The van der Waals surface area contributed by atoms with Gasteiger partial charge in [-0.15, -0.1) is 16.8 Å². The van der Waals surface area contributed by atoms with Crippen LogP contribution in [-0.2, 0) is 4.79 Å². The Morgan fingerprint density at radius 2 is 2.38 bits per heavy atom. The highest BCUT2D eigenvalue weighted by Gasteiger charge is 2.00. The molecule has 1 aromatic rings. The van der Waals surface area contributed by atoms with Gasteiger partial charge in [-0.25, -0.2) is 0 Å². The molecule has 13 heavy (non-hydrogen) atoms. The summed E-state index contributed by atoms with van der Waals surface area (Å²) < 4.78 is 0. The summed E-state index contributed by atoms with van der Waals surface area (Å²) in [5.74, 6) is 0.211. The van der Waals surface area contributed by atoms with E-state index in [0.717, 1.165) is 0 Å². The third-order valence-electron chi connectivity index (χ3n) is 1.23. The van der Waals surface area contributed by atoms with Crippen molar-refractivity contribution in [3.8, 4) is 0 Å². The van der Waals surface area contributed by atoms with Crippen molar-refractivity contribution in [2.24, 2.45) is 0 Å². The van der Waals surface area contributed by atoms with Gasteiger partial charge < -0.3 is 5.32 Å². The van der Waals surface area contributed by atoms with Crippen LogP contribution in [0.5, 0.6) is 0 Å². The second kappa shape index (κ2) is 4.57. The number of carbonyl (C=O) groups is 1. The molecule has 1 N–H and O–H groups in total. The van der Waals surface area contributed by atoms with Crippen LogP contribution in [0.3, 0.4) is 0 Å². The predicted octanol–water partition coefficient (Wildman–Crippen LogP) is 1.64. The maximum atomic E-state index is 11.0. The first-order valence-electron chi connectivity index (χ1n) is 3.62. The molecule has 0 saturated heterocycles. The zero-order valence-corrected chi connectivity index (χ0v) is 7.58. The van der Waals surface area contributed by atoms with Crippen molar-refractivity contribution in [1.29, 1.82) is 0 Å². The predicted molar refractivity (Wildman–Crippen MR) is 50.5 cm³/mol. The molecule has 0 aliphatic heterocycles. The Balaban J connectivity index is 2.59. The van der Waals surface area contributed by atoms with Crippen LogP contribution in [0.25, 0.3) is 0 Å². The Morgan fingerprint density at radius 1 is 1.62 bits per heavy atom. The van der Waals surface area contributed by atoms with Gasteiger partial charge >= 0.3 is 0 Å². The Labute approximate surface area is 80.6 Å². The largest absolute Gasteiger partial charge is 0.309 e. The molecule has 1 rings (SSSR count). The van der Waals surface area contributed by atoms with Gasteiger partial charge in [-0.05, 0) is 12.1 Å². The molecule has 1 aromatic heterocycles. The second-order valence-corrected chi connectivity index (χ2v) is 2.67. The van der Waals surface area contributed by atoms with E-state index in [1.165, 1.54) is 6.08 Å². The molecule has 0 radical (unpaired) electrons. The molecule has 0 aliphatic rings. The highest BCUT2D eigenvalue weighted by Crippen LogP contribution is 2.05. The zero-order valence-electron chi connectivity index (χ0n) is 6.83. The third-order valence-corrected chi connectivity index (χ3v) is 1.43. The van der Waals surface area contributed by atoms with E-state index >= 15 is 0 Å². The monoisotopic (exact) mass is 197 g/mol. The van der Waals surface area contributed by atoms with Gasteiger partial charge in [0.1, 0.15) is 0 Å². The van der Waals surface area contributed by atoms with Gasteiger partial charge in [0.25, 0.3) is 0 Å². The number of halogens is 1. The number of nitrogens with zero attached hydrogens (tertiary/aromatic N) is 2. The van der Waals surface area contributed by atoms with E-state index in [1.807, 2.05) is 0 Å². The Morgan fingerprint density at radius 3 is 2.92 bits per heavy atom. The Hall–Kier alpha value is -1.42. The fourth-order valence-corrected chi connectivity index (χ4v) is 0.808. The van der Waals surface area contributed by atoms with Crippen molar-refractivity contribution < 1.29 is 4.79 Å². The third kappa shape index (κ3) is 3.21. The normalized spacial score (nSPS) is 9.31. The van der Waals surface area contributed by atoms with Gasteiger partial charge in [-0.3, -0.25) is 4.79 Å². The molecule has 68 valence electrons. The summed E-state index contributed by atoms with van der Waals surface area (Å²) in [6.45, 7) is 3.44. The van der Waals surface area contributed by atoms with Crippen LogP contribution in [0, 0.1) is 0 Å². The van der Waals surface area contributed by atoms with Gasteiger partial charge in [0.15, 0.2) is 11.0 Å². The summed E-state index contributed by atoms with van der Waals surface area (Å²) in [6.07, 6.45) is 1.77. The molecule has 0 fully saturated rings. The number of amides is 1. The maximum absolute atomic E-state index is 11.0. The van der Waals surface area contributed by atoms with E-state index in [-0.39, 0.29) is 12.3 Å². The summed E-state index contributed by atoms with van der Waals surface area (Å²) >= 11 is 5.51. The van der Waals surface area contributed by atoms with Crippen molar-refractivity contribution in [1.82, 2.24) is 10.2 Å². The van der Waals surface area contributed by atoms with Gasteiger partial charge in [0.2, 0.25) is 5.91 Å². The van der Waals surface area contributed by atoms with E-state index in [2.05, 4.69) is 22.1 Å². The van der Waals surface area contributed by atoms with Crippen LogP contribution >= 0.6 is 11.6 Å². The maximum Gasteiger partial charge on any atom is 0.229 e. The molecule has 0 saturated carbocycles. The molecule has 0 aliphatic carbocycles. The van der Waals surface area contributed by atoms with Crippen molar-refractivity contribution >= 4 is 23.3 Å². The molecule has 0 aromatic carbocycles. The molecule has 0 spiro atoms. The number of nitrogens with one attached hydrogen (secondary N) is 1. The van der Waals surface area contributed by atoms with E-state index in [1.54, 1.807) is 12.1 Å². The first-order chi connectivity index (χ1) is 6.22. The van der Waals surface area contributed by atoms with Crippen LogP contribution in [-0.4, -0.2) is 16.1 Å². The summed E-state index contributed by atoms with van der Waals surface area (Å²) in [5, 5.41) is 10.0. The van der Waals surface area contributed by atoms with Crippen LogP contribution in [0.4, 0.5) is 5.82 Å². The smallest absolute Gasteiger partial charge is 0.229 e. The topological polar surface area (TPSA) is 54.9 Å². The van der Waals surface area contributed by atoms with Crippen LogP contribution in [0.1, 0.15) is 6.42 Å². The second-order valence-electron chi connectivity index (χ2n) is 2.28. The van der Waals surface area contributed by atoms with Crippen molar-refractivity contribution in [3.05, 3.63) is 29.9 Å². The molecule has 1 heterocycles.